The summed E-state index contributed by atoms with van der Waals surface area (Å²) in [4.78, 5) is 0. The van der Waals surface area contributed by atoms with Crippen molar-refractivity contribution in [1.82, 2.24) is 0 Å². The SMILES string of the molecule is Cl.Cl.Oc1ccc(F)cc1.[Zr]. The van der Waals surface area contributed by atoms with Crippen molar-refractivity contribution in [2.45, 2.75) is 0 Å². The first-order valence-corrected chi connectivity index (χ1v) is 2.23. The fraction of sp³-hybridized carbons (Fsp3) is 0. The summed E-state index contributed by atoms with van der Waals surface area (Å²) in [6.45, 7) is 0. The number of hydrogen-bond acceptors (Lipinski definition) is 1. The maximum Gasteiger partial charge on any atom is 0.123 e. The second-order valence-electron chi connectivity index (χ2n) is 1.48. The van der Waals surface area contributed by atoms with E-state index in [-0.39, 0.29) is 62.6 Å². The van der Waals surface area contributed by atoms with Gasteiger partial charge in [0.05, 0.1) is 0 Å². The number of phenolic OH excluding ortho intramolecular Hbond substituents is 1. The number of rotatable bonds is 0. The molecule has 0 aliphatic heterocycles. The standard InChI is InChI=1S/C6H5FO.2ClH.Zr/c7-5-1-3-6(8)4-2-5;;;/h1-4,8H;2*1H;. The van der Waals surface area contributed by atoms with Crippen LogP contribution in [0.2, 0.25) is 0 Å². The quantitative estimate of drug-likeness (QED) is 0.771. The average molecular weight is 276 g/mol. The number of phenols is 1. The Labute approximate surface area is 95.9 Å². The molecule has 0 aliphatic rings. The average Bonchev–Trinajstić information content (AvgIpc) is 1.77. The summed E-state index contributed by atoms with van der Waals surface area (Å²) >= 11 is 0. The van der Waals surface area contributed by atoms with Crippen LogP contribution in [0.5, 0.6) is 5.75 Å². The van der Waals surface area contributed by atoms with Crippen molar-refractivity contribution in [2.75, 3.05) is 0 Å². The van der Waals surface area contributed by atoms with E-state index in [0.29, 0.717) is 0 Å². The third-order valence-electron chi connectivity index (χ3n) is 0.827. The van der Waals surface area contributed by atoms with Gasteiger partial charge in [0, 0.05) is 26.2 Å². The summed E-state index contributed by atoms with van der Waals surface area (Å²) < 4.78 is 12.0. The molecular weight excluding hydrogens is 269 g/mol. The molecule has 62 valence electrons. The summed E-state index contributed by atoms with van der Waals surface area (Å²) in [6.07, 6.45) is 0. The van der Waals surface area contributed by atoms with Crippen molar-refractivity contribution in [3.05, 3.63) is 30.1 Å². The van der Waals surface area contributed by atoms with Crippen molar-refractivity contribution < 1.29 is 35.7 Å². The van der Waals surface area contributed by atoms with E-state index in [4.69, 9.17) is 5.11 Å². The second kappa shape index (κ2) is 8.51. The molecule has 0 radical (unpaired) electrons. The smallest absolute Gasteiger partial charge is 0.123 e. The molecule has 1 aromatic carbocycles. The molecule has 0 unspecified atom stereocenters. The minimum Gasteiger partial charge on any atom is -0.508 e. The molecule has 0 fully saturated rings. The Kier molecular flexibility index (Phi) is 13.5. The molecule has 0 bridgehead atoms. The van der Waals surface area contributed by atoms with Gasteiger partial charge in [0.1, 0.15) is 11.6 Å². The first-order chi connectivity index (χ1) is 3.79. The van der Waals surface area contributed by atoms with Crippen molar-refractivity contribution in [3.8, 4) is 5.75 Å². The molecule has 0 aliphatic carbocycles. The van der Waals surface area contributed by atoms with Crippen LogP contribution in [-0.4, -0.2) is 5.11 Å². The summed E-state index contributed by atoms with van der Waals surface area (Å²) in [7, 11) is 0. The van der Waals surface area contributed by atoms with E-state index in [2.05, 4.69) is 0 Å². The summed E-state index contributed by atoms with van der Waals surface area (Å²) in [5.41, 5.74) is 0. The third-order valence-corrected chi connectivity index (χ3v) is 0.827. The molecule has 11 heavy (non-hydrogen) atoms. The van der Waals surface area contributed by atoms with E-state index in [9.17, 15) is 4.39 Å². The molecule has 1 rings (SSSR count). The Bertz CT molecular complexity index is 159. The van der Waals surface area contributed by atoms with E-state index in [0.717, 1.165) is 0 Å². The number of halogens is 3. The maximum atomic E-state index is 12.0. The number of benzene rings is 1. The van der Waals surface area contributed by atoms with E-state index in [1.54, 1.807) is 0 Å². The van der Waals surface area contributed by atoms with Crippen LogP contribution < -0.4 is 0 Å². The zero-order valence-corrected chi connectivity index (χ0v) is 9.54. The molecule has 0 saturated heterocycles. The van der Waals surface area contributed by atoms with Gasteiger partial charge in [0.2, 0.25) is 0 Å². The van der Waals surface area contributed by atoms with E-state index >= 15 is 0 Å². The molecule has 1 nitrogen and oxygen atoms in total. The summed E-state index contributed by atoms with van der Waals surface area (Å²) in [5, 5.41) is 8.59. The predicted molar refractivity (Wildman–Crippen MR) is 42.6 cm³/mol. The molecule has 1 N–H and O–H groups in total. The van der Waals surface area contributed by atoms with Crippen LogP contribution in [0.25, 0.3) is 0 Å². The minimum atomic E-state index is -0.331. The Morgan fingerprint density at radius 1 is 1.00 bits per heavy atom. The van der Waals surface area contributed by atoms with Gasteiger partial charge in [-0.05, 0) is 24.3 Å². The van der Waals surface area contributed by atoms with Gasteiger partial charge in [-0.15, -0.1) is 24.8 Å². The van der Waals surface area contributed by atoms with Gasteiger partial charge in [-0.3, -0.25) is 0 Å². The normalized spacial score (nSPS) is 6.64. The first-order valence-electron chi connectivity index (χ1n) is 2.23. The monoisotopic (exact) mass is 274 g/mol. The van der Waals surface area contributed by atoms with Crippen LogP contribution in [0.3, 0.4) is 0 Å². The Balaban J connectivity index is -0.000000213. The summed E-state index contributed by atoms with van der Waals surface area (Å²) in [6, 6.07) is 5.01. The van der Waals surface area contributed by atoms with Gasteiger partial charge in [0.15, 0.2) is 0 Å². The fourth-order valence-electron chi connectivity index (χ4n) is 0.441. The van der Waals surface area contributed by atoms with Crippen LogP contribution in [-0.2, 0) is 26.2 Å². The fourth-order valence-corrected chi connectivity index (χ4v) is 0.441. The molecule has 1 aromatic rings. The van der Waals surface area contributed by atoms with Crippen molar-refractivity contribution >= 4 is 24.8 Å². The van der Waals surface area contributed by atoms with Crippen molar-refractivity contribution in [1.29, 1.82) is 0 Å². The van der Waals surface area contributed by atoms with Gasteiger partial charge in [0.25, 0.3) is 0 Å². The Morgan fingerprint density at radius 3 is 1.64 bits per heavy atom. The molecule has 0 heterocycles. The minimum absolute atomic E-state index is 0. The molecule has 0 saturated carbocycles. The van der Waals surface area contributed by atoms with E-state index in [1.807, 2.05) is 0 Å². The molecule has 0 aromatic heterocycles. The van der Waals surface area contributed by atoms with Crippen LogP contribution in [0.4, 0.5) is 4.39 Å². The second-order valence-corrected chi connectivity index (χ2v) is 1.48. The van der Waals surface area contributed by atoms with Crippen LogP contribution >= 0.6 is 24.8 Å². The van der Waals surface area contributed by atoms with Gasteiger partial charge in [-0.2, -0.15) is 0 Å². The van der Waals surface area contributed by atoms with Gasteiger partial charge >= 0.3 is 0 Å². The number of aromatic hydroxyl groups is 1. The predicted octanol–water partition coefficient (Wildman–Crippen LogP) is 2.37. The van der Waals surface area contributed by atoms with Crippen molar-refractivity contribution in [3.63, 3.8) is 0 Å². The van der Waals surface area contributed by atoms with E-state index in [1.165, 1.54) is 24.3 Å². The summed E-state index contributed by atoms with van der Waals surface area (Å²) in [5.74, 6) is -0.241. The molecule has 0 atom stereocenters. The Hall–Kier alpha value is 0.413. The van der Waals surface area contributed by atoms with Gasteiger partial charge in [-0.1, -0.05) is 0 Å². The largest absolute Gasteiger partial charge is 0.508 e. The first kappa shape index (κ1) is 17.5. The van der Waals surface area contributed by atoms with E-state index < -0.39 is 0 Å². The van der Waals surface area contributed by atoms with Crippen LogP contribution in [0, 0.1) is 5.82 Å². The molecular formula is C6H7Cl2FOZr. The topological polar surface area (TPSA) is 20.2 Å². The Morgan fingerprint density at radius 2 is 1.36 bits per heavy atom. The third kappa shape index (κ3) is 6.80. The maximum absolute atomic E-state index is 12.0. The van der Waals surface area contributed by atoms with Gasteiger partial charge < -0.3 is 5.11 Å². The van der Waals surface area contributed by atoms with Gasteiger partial charge in [-0.25, -0.2) is 4.39 Å². The number of hydrogen-bond donors (Lipinski definition) is 1. The molecule has 0 amide bonds. The molecule has 0 spiro atoms. The zero-order valence-electron chi connectivity index (χ0n) is 5.45. The van der Waals surface area contributed by atoms with Crippen molar-refractivity contribution in [2.24, 2.45) is 0 Å². The van der Waals surface area contributed by atoms with Crippen LogP contribution in [0.15, 0.2) is 24.3 Å². The molecule has 5 heteroatoms. The van der Waals surface area contributed by atoms with Crippen LogP contribution in [0.1, 0.15) is 0 Å². The zero-order chi connectivity index (χ0) is 5.98.